The van der Waals surface area contributed by atoms with Crippen LogP contribution >= 0.6 is 0 Å². The summed E-state index contributed by atoms with van der Waals surface area (Å²) in [5.41, 5.74) is 2.71. The molecule has 1 aliphatic rings. The van der Waals surface area contributed by atoms with E-state index in [9.17, 15) is 9.59 Å². The number of hydrogen-bond acceptors (Lipinski definition) is 5. The summed E-state index contributed by atoms with van der Waals surface area (Å²) >= 11 is 0. The Morgan fingerprint density at radius 3 is 2.77 bits per heavy atom. The second kappa shape index (κ2) is 8.79. The Bertz CT molecular complexity index is 1140. The van der Waals surface area contributed by atoms with Crippen LogP contribution in [-0.2, 0) is 30.8 Å². The summed E-state index contributed by atoms with van der Waals surface area (Å²) in [6, 6.07) is 9.60. The molecule has 1 unspecified atom stereocenters. The molecule has 0 saturated carbocycles. The van der Waals surface area contributed by atoms with E-state index >= 15 is 0 Å². The molecule has 164 valence electrons. The molecule has 9 nitrogen and oxygen atoms in total. The number of nitrogens with one attached hydrogen (secondary N) is 1. The van der Waals surface area contributed by atoms with Gasteiger partial charge in [-0.1, -0.05) is 12.1 Å². The maximum atomic E-state index is 12.9. The Labute approximate surface area is 180 Å². The normalized spacial score (nSPS) is 15.9. The van der Waals surface area contributed by atoms with Gasteiger partial charge in [0.15, 0.2) is 0 Å². The molecule has 0 saturated heterocycles. The van der Waals surface area contributed by atoms with E-state index < -0.39 is 0 Å². The zero-order valence-electron chi connectivity index (χ0n) is 18.2. The largest absolute Gasteiger partial charge is 0.497 e. The zero-order valence-corrected chi connectivity index (χ0v) is 18.2. The van der Waals surface area contributed by atoms with Gasteiger partial charge >= 0.3 is 5.69 Å². The van der Waals surface area contributed by atoms with Crippen molar-refractivity contribution in [1.29, 1.82) is 0 Å². The fourth-order valence-electron chi connectivity index (χ4n) is 4.06. The van der Waals surface area contributed by atoms with Gasteiger partial charge in [0.25, 0.3) is 0 Å². The van der Waals surface area contributed by atoms with Gasteiger partial charge in [0.1, 0.15) is 18.1 Å². The van der Waals surface area contributed by atoms with E-state index in [2.05, 4.69) is 15.5 Å². The fraction of sp³-hybridized carbons (Fsp3) is 0.455. The van der Waals surface area contributed by atoms with Crippen LogP contribution < -0.4 is 15.7 Å². The van der Waals surface area contributed by atoms with Crippen molar-refractivity contribution >= 4 is 5.91 Å². The van der Waals surface area contributed by atoms with Gasteiger partial charge in [-0.2, -0.15) is 10.2 Å². The highest BCUT2D eigenvalue weighted by atomic mass is 16.5. The minimum absolute atomic E-state index is 0.0115. The van der Waals surface area contributed by atoms with Gasteiger partial charge < -0.3 is 10.1 Å². The summed E-state index contributed by atoms with van der Waals surface area (Å²) in [7, 11) is 1.62. The lowest BCUT2D eigenvalue weighted by Gasteiger charge is -2.16. The first kappa shape index (κ1) is 20.9. The summed E-state index contributed by atoms with van der Waals surface area (Å²) in [4.78, 5) is 25.3. The minimum Gasteiger partial charge on any atom is -0.497 e. The van der Waals surface area contributed by atoms with Gasteiger partial charge in [0.05, 0.1) is 19.3 Å². The van der Waals surface area contributed by atoms with Gasteiger partial charge in [0.2, 0.25) is 5.91 Å². The van der Waals surface area contributed by atoms with Crippen molar-refractivity contribution in [2.45, 2.75) is 58.8 Å². The number of hydrogen-bond donors (Lipinski definition) is 1. The van der Waals surface area contributed by atoms with Crippen molar-refractivity contribution in [3.63, 3.8) is 0 Å². The maximum absolute atomic E-state index is 12.9. The molecule has 1 amide bonds. The van der Waals surface area contributed by atoms with Gasteiger partial charge in [-0.15, -0.1) is 0 Å². The number of carbonyl (C=O) groups is 1. The third kappa shape index (κ3) is 4.70. The van der Waals surface area contributed by atoms with Crippen molar-refractivity contribution in [2.75, 3.05) is 7.11 Å². The van der Waals surface area contributed by atoms with Crippen LogP contribution in [0, 0.1) is 13.8 Å². The number of fused-ring (bicyclic) bond motifs is 1. The quantitative estimate of drug-likeness (QED) is 0.646. The van der Waals surface area contributed by atoms with E-state index in [0.717, 1.165) is 34.9 Å². The third-order valence-corrected chi connectivity index (χ3v) is 5.65. The first-order valence-electron chi connectivity index (χ1n) is 10.5. The van der Waals surface area contributed by atoms with Crippen LogP contribution in [0.5, 0.6) is 5.75 Å². The molecular formula is C22H28N6O3. The molecule has 3 heterocycles. The summed E-state index contributed by atoms with van der Waals surface area (Å²) in [5.74, 6) is 1.46. The van der Waals surface area contributed by atoms with E-state index in [1.165, 1.54) is 4.68 Å². The average Bonchev–Trinajstić information content (AvgIpc) is 3.12. The number of carbonyl (C=O) groups excluding carboxylic acids is 1. The van der Waals surface area contributed by atoms with Crippen LogP contribution in [0.2, 0.25) is 0 Å². The molecule has 3 aromatic rings. The molecule has 4 rings (SSSR count). The maximum Gasteiger partial charge on any atom is 0.346 e. The number of benzene rings is 1. The molecule has 0 fully saturated rings. The highest BCUT2D eigenvalue weighted by Gasteiger charge is 2.22. The Kier molecular flexibility index (Phi) is 5.92. The van der Waals surface area contributed by atoms with Crippen molar-refractivity contribution in [3.8, 4) is 5.75 Å². The fourth-order valence-corrected chi connectivity index (χ4v) is 4.06. The topological polar surface area (TPSA) is 96.0 Å². The lowest BCUT2D eigenvalue weighted by atomic mass is 10.1. The molecule has 2 aromatic heterocycles. The first-order valence-corrected chi connectivity index (χ1v) is 10.5. The molecule has 1 atom stereocenters. The predicted octanol–water partition coefficient (Wildman–Crippen LogP) is 1.44. The summed E-state index contributed by atoms with van der Waals surface area (Å²) in [5, 5.41) is 12.0. The Hall–Kier alpha value is -3.36. The van der Waals surface area contributed by atoms with Gasteiger partial charge in [-0.25, -0.2) is 9.48 Å². The van der Waals surface area contributed by atoms with E-state index in [-0.39, 0.29) is 24.2 Å². The average molecular weight is 425 g/mol. The predicted molar refractivity (Wildman–Crippen MR) is 115 cm³/mol. The summed E-state index contributed by atoms with van der Waals surface area (Å²) in [6.07, 6.45) is 2.09. The lowest BCUT2D eigenvalue weighted by Crippen LogP contribution is -2.38. The molecule has 1 aliphatic heterocycles. The second-order valence-corrected chi connectivity index (χ2v) is 8.04. The van der Waals surface area contributed by atoms with Crippen LogP contribution in [0.1, 0.15) is 35.6 Å². The number of amides is 1. The Morgan fingerprint density at radius 1 is 1.19 bits per heavy atom. The molecule has 9 heteroatoms. The standard InChI is InChI=1S/C22H28N6O3/c1-15-11-16(2)27(24-15)14-21(29)23-18-7-8-20-25-28(22(30)26(20)10-9-18)13-17-5-4-6-19(12-17)31-3/h4-6,11-12,18H,7-10,13-14H2,1-3H3,(H,23,29). The number of ether oxygens (including phenoxy) is 1. The van der Waals surface area contributed by atoms with Crippen LogP contribution in [0.15, 0.2) is 35.1 Å². The molecule has 0 radical (unpaired) electrons. The minimum atomic E-state index is -0.118. The second-order valence-electron chi connectivity index (χ2n) is 8.04. The molecule has 0 spiro atoms. The van der Waals surface area contributed by atoms with E-state index in [1.54, 1.807) is 16.4 Å². The molecule has 0 bridgehead atoms. The van der Waals surface area contributed by atoms with Gasteiger partial charge in [0, 0.05) is 24.7 Å². The Morgan fingerprint density at radius 2 is 2.03 bits per heavy atom. The van der Waals surface area contributed by atoms with Crippen molar-refractivity contribution in [1.82, 2.24) is 29.4 Å². The summed E-state index contributed by atoms with van der Waals surface area (Å²) in [6.45, 7) is 4.99. The van der Waals surface area contributed by atoms with Gasteiger partial charge in [-0.05, 0) is 50.5 Å². The number of nitrogens with zero attached hydrogens (tertiary/aromatic N) is 5. The van der Waals surface area contributed by atoms with Crippen molar-refractivity contribution in [2.24, 2.45) is 0 Å². The van der Waals surface area contributed by atoms with Crippen LogP contribution in [0.4, 0.5) is 0 Å². The van der Waals surface area contributed by atoms with Crippen molar-refractivity contribution in [3.05, 3.63) is 63.6 Å². The molecular weight excluding hydrogens is 396 g/mol. The highest BCUT2D eigenvalue weighted by Crippen LogP contribution is 2.15. The number of rotatable bonds is 6. The highest BCUT2D eigenvalue weighted by molar-refractivity contribution is 5.76. The third-order valence-electron chi connectivity index (χ3n) is 5.65. The van der Waals surface area contributed by atoms with E-state index in [4.69, 9.17) is 4.74 Å². The summed E-state index contributed by atoms with van der Waals surface area (Å²) < 4.78 is 10.2. The molecule has 0 aliphatic carbocycles. The number of methoxy groups -OCH3 is 1. The molecule has 1 N–H and O–H groups in total. The van der Waals surface area contributed by atoms with Crippen LogP contribution in [0.3, 0.4) is 0 Å². The van der Waals surface area contributed by atoms with E-state index in [1.807, 2.05) is 44.2 Å². The van der Waals surface area contributed by atoms with Crippen molar-refractivity contribution < 1.29 is 9.53 Å². The smallest absolute Gasteiger partial charge is 0.346 e. The monoisotopic (exact) mass is 424 g/mol. The van der Waals surface area contributed by atoms with E-state index in [0.29, 0.717) is 25.9 Å². The SMILES string of the molecule is COc1cccc(Cn2nc3n(c2=O)CCC(NC(=O)Cn2nc(C)cc2C)CC3)c1. The molecule has 31 heavy (non-hydrogen) atoms. The lowest BCUT2D eigenvalue weighted by molar-refractivity contribution is -0.122. The zero-order chi connectivity index (χ0) is 22.0. The number of aromatic nitrogens is 5. The number of aryl methyl sites for hydroxylation is 3. The Balaban J connectivity index is 1.38. The molecule has 1 aromatic carbocycles. The van der Waals surface area contributed by atoms with Crippen LogP contribution in [0.25, 0.3) is 0 Å². The first-order chi connectivity index (χ1) is 14.9. The van der Waals surface area contributed by atoms with Gasteiger partial charge in [-0.3, -0.25) is 14.0 Å². The van der Waals surface area contributed by atoms with Crippen LogP contribution in [-0.4, -0.2) is 43.2 Å².